The topological polar surface area (TPSA) is 62.6 Å². The lowest BCUT2D eigenvalue weighted by Crippen LogP contribution is -2.44. The molecule has 1 N–H and O–H groups in total. The molecular formula is C16H18N2O3S. The van der Waals surface area contributed by atoms with E-state index >= 15 is 0 Å². The highest BCUT2D eigenvalue weighted by Gasteiger charge is 2.34. The minimum Gasteiger partial charge on any atom is -0.461 e. The largest absolute Gasteiger partial charge is 0.461 e. The molecule has 22 heavy (non-hydrogen) atoms. The maximum absolute atomic E-state index is 12.7. The summed E-state index contributed by atoms with van der Waals surface area (Å²) in [5.41, 5.74) is 0. The molecule has 1 atom stereocenters. The van der Waals surface area contributed by atoms with E-state index in [-0.39, 0.29) is 17.9 Å². The van der Waals surface area contributed by atoms with Crippen molar-refractivity contribution in [1.29, 1.82) is 0 Å². The van der Waals surface area contributed by atoms with Gasteiger partial charge >= 0.3 is 0 Å². The maximum Gasteiger partial charge on any atom is 0.264 e. The van der Waals surface area contributed by atoms with E-state index in [4.69, 9.17) is 4.42 Å². The normalized spacial score (nSPS) is 17.7. The molecule has 2 amide bonds. The van der Waals surface area contributed by atoms with E-state index < -0.39 is 0 Å². The summed E-state index contributed by atoms with van der Waals surface area (Å²) in [6.45, 7) is 2.52. The molecule has 0 aliphatic carbocycles. The lowest BCUT2D eigenvalue weighted by atomic mass is 10.2. The van der Waals surface area contributed by atoms with Gasteiger partial charge in [0.2, 0.25) is 5.91 Å². The molecule has 0 aromatic carbocycles. The molecule has 6 heteroatoms. The second-order valence-electron chi connectivity index (χ2n) is 5.35. The number of carbonyl (C=O) groups is 2. The minimum absolute atomic E-state index is 0.0781. The van der Waals surface area contributed by atoms with E-state index in [0.29, 0.717) is 11.4 Å². The number of hydrogen-bond acceptors (Lipinski definition) is 4. The van der Waals surface area contributed by atoms with Gasteiger partial charge in [0.15, 0.2) is 0 Å². The van der Waals surface area contributed by atoms with Crippen LogP contribution in [0.15, 0.2) is 28.7 Å². The summed E-state index contributed by atoms with van der Waals surface area (Å²) in [5, 5.41) is 2.63. The van der Waals surface area contributed by atoms with Gasteiger partial charge in [0.05, 0.1) is 9.75 Å². The van der Waals surface area contributed by atoms with Gasteiger partial charge in [-0.15, -0.1) is 11.3 Å². The third-order valence-electron chi connectivity index (χ3n) is 3.86. The van der Waals surface area contributed by atoms with E-state index in [1.807, 2.05) is 25.1 Å². The Kier molecular flexibility index (Phi) is 4.02. The summed E-state index contributed by atoms with van der Waals surface area (Å²) < 4.78 is 5.59. The monoisotopic (exact) mass is 318 g/mol. The van der Waals surface area contributed by atoms with Gasteiger partial charge in [-0.25, -0.2) is 0 Å². The van der Waals surface area contributed by atoms with Crippen LogP contribution in [-0.2, 0) is 4.79 Å². The minimum atomic E-state index is -0.353. The molecule has 0 unspecified atom stereocenters. The first-order valence-electron chi connectivity index (χ1n) is 7.29. The average molecular weight is 318 g/mol. The first-order chi connectivity index (χ1) is 10.6. The Morgan fingerprint density at radius 2 is 2.14 bits per heavy atom. The summed E-state index contributed by atoms with van der Waals surface area (Å²) in [6.07, 6.45) is 1.58. The number of furan rings is 1. The Hall–Kier alpha value is -2.08. The number of nitrogens with zero attached hydrogens (tertiary/aromatic N) is 1. The van der Waals surface area contributed by atoms with E-state index in [9.17, 15) is 9.59 Å². The molecule has 116 valence electrons. The van der Waals surface area contributed by atoms with Crippen LogP contribution in [-0.4, -0.2) is 36.3 Å². The smallest absolute Gasteiger partial charge is 0.264 e. The first kappa shape index (κ1) is 14.8. The van der Waals surface area contributed by atoms with Gasteiger partial charge in [0.1, 0.15) is 17.6 Å². The molecule has 1 saturated heterocycles. The highest BCUT2D eigenvalue weighted by molar-refractivity contribution is 7.17. The highest BCUT2D eigenvalue weighted by Crippen LogP contribution is 2.31. The number of nitrogens with one attached hydrogen (secondary N) is 1. The molecule has 1 aliphatic rings. The van der Waals surface area contributed by atoms with Gasteiger partial charge in [0.25, 0.3) is 5.91 Å². The van der Waals surface area contributed by atoms with Crippen molar-refractivity contribution in [1.82, 2.24) is 10.2 Å². The van der Waals surface area contributed by atoms with Crippen molar-refractivity contribution >= 4 is 23.2 Å². The zero-order valence-electron chi connectivity index (χ0n) is 12.6. The second-order valence-corrected chi connectivity index (χ2v) is 6.43. The summed E-state index contributed by atoms with van der Waals surface area (Å²) >= 11 is 1.40. The number of hydrogen-bond donors (Lipinski definition) is 1. The molecule has 3 rings (SSSR count). The average Bonchev–Trinajstić information content (AvgIpc) is 3.24. The van der Waals surface area contributed by atoms with Crippen LogP contribution < -0.4 is 5.32 Å². The summed E-state index contributed by atoms with van der Waals surface area (Å²) in [5.74, 6) is 1.44. The number of amides is 2. The van der Waals surface area contributed by atoms with Crippen molar-refractivity contribution < 1.29 is 14.0 Å². The number of likely N-dealkylation sites (tertiary alicyclic amines) is 1. The van der Waals surface area contributed by atoms with Crippen molar-refractivity contribution in [3.05, 3.63) is 34.9 Å². The van der Waals surface area contributed by atoms with Crippen molar-refractivity contribution in [2.45, 2.75) is 25.8 Å². The maximum atomic E-state index is 12.7. The van der Waals surface area contributed by atoms with Crippen LogP contribution in [0.25, 0.3) is 10.6 Å². The number of carbonyl (C=O) groups excluding carboxylic acids is 2. The Bertz CT molecular complexity index is 704. The van der Waals surface area contributed by atoms with Crippen molar-refractivity contribution in [2.75, 3.05) is 13.6 Å². The number of thiophene rings is 1. The molecule has 0 spiro atoms. The molecule has 1 aliphatic heterocycles. The van der Waals surface area contributed by atoms with Gasteiger partial charge in [-0.3, -0.25) is 9.59 Å². The standard InChI is InChI=1S/C16H18N2O3S/c1-10-5-6-12(21-10)13-7-8-14(22-13)16(20)18-9-3-4-11(18)15(19)17-2/h5-8,11H,3-4,9H2,1-2H3,(H,17,19)/t11-/m1/s1. The van der Waals surface area contributed by atoms with E-state index in [0.717, 1.165) is 29.2 Å². The van der Waals surface area contributed by atoms with Gasteiger partial charge < -0.3 is 14.6 Å². The predicted octanol–water partition coefficient (Wildman–Crippen LogP) is 2.67. The van der Waals surface area contributed by atoms with E-state index in [2.05, 4.69) is 5.32 Å². The zero-order valence-corrected chi connectivity index (χ0v) is 13.4. The Labute approximate surface area is 132 Å². The quantitative estimate of drug-likeness (QED) is 0.946. The summed E-state index contributed by atoms with van der Waals surface area (Å²) in [4.78, 5) is 27.8. The van der Waals surface area contributed by atoms with Gasteiger partial charge in [-0.1, -0.05) is 0 Å². The fraction of sp³-hybridized carbons (Fsp3) is 0.375. The first-order valence-corrected chi connectivity index (χ1v) is 8.11. The molecule has 3 heterocycles. The van der Waals surface area contributed by atoms with Crippen LogP contribution >= 0.6 is 11.3 Å². The van der Waals surface area contributed by atoms with E-state index in [1.54, 1.807) is 18.0 Å². The van der Waals surface area contributed by atoms with Crippen LogP contribution in [0.4, 0.5) is 0 Å². The lowest BCUT2D eigenvalue weighted by molar-refractivity contribution is -0.124. The molecule has 2 aromatic rings. The summed E-state index contributed by atoms with van der Waals surface area (Å²) in [6, 6.07) is 7.14. The van der Waals surface area contributed by atoms with Crippen molar-refractivity contribution in [3.8, 4) is 10.6 Å². The number of aryl methyl sites for hydroxylation is 1. The van der Waals surface area contributed by atoms with Crippen LogP contribution in [0.3, 0.4) is 0 Å². The SMILES string of the molecule is CNC(=O)[C@H]1CCCN1C(=O)c1ccc(-c2ccc(C)o2)s1. The molecule has 1 fully saturated rings. The second kappa shape index (κ2) is 5.96. The number of rotatable bonds is 3. The Morgan fingerprint density at radius 1 is 1.32 bits per heavy atom. The van der Waals surface area contributed by atoms with Crippen molar-refractivity contribution in [2.24, 2.45) is 0 Å². The number of likely N-dealkylation sites (N-methyl/N-ethyl adjacent to an activating group) is 1. The fourth-order valence-corrected chi connectivity index (χ4v) is 3.67. The lowest BCUT2D eigenvalue weighted by Gasteiger charge is -2.22. The third kappa shape index (κ3) is 2.66. The molecule has 0 bridgehead atoms. The van der Waals surface area contributed by atoms with Gasteiger partial charge in [-0.2, -0.15) is 0 Å². The highest BCUT2D eigenvalue weighted by atomic mass is 32.1. The Morgan fingerprint density at radius 3 is 2.82 bits per heavy atom. The molecule has 5 nitrogen and oxygen atoms in total. The molecule has 2 aromatic heterocycles. The molecule has 0 saturated carbocycles. The third-order valence-corrected chi connectivity index (χ3v) is 4.95. The zero-order chi connectivity index (χ0) is 15.7. The molecule has 0 radical (unpaired) electrons. The summed E-state index contributed by atoms with van der Waals surface area (Å²) in [7, 11) is 1.60. The predicted molar refractivity (Wildman–Crippen MR) is 84.9 cm³/mol. The van der Waals surface area contributed by atoms with Gasteiger partial charge in [0, 0.05) is 13.6 Å². The van der Waals surface area contributed by atoms with Crippen molar-refractivity contribution in [3.63, 3.8) is 0 Å². The van der Waals surface area contributed by atoms with E-state index in [1.165, 1.54) is 11.3 Å². The van der Waals surface area contributed by atoms with Crippen LogP contribution in [0.1, 0.15) is 28.3 Å². The van der Waals surface area contributed by atoms with Crippen LogP contribution in [0, 0.1) is 6.92 Å². The fourth-order valence-electron chi connectivity index (χ4n) is 2.74. The van der Waals surface area contributed by atoms with Gasteiger partial charge in [-0.05, 0) is 44.0 Å². The Balaban J connectivity index is 1.81. The van der Waals surface area contributed by atoms with Crippen LogP contribution in [0.2, 0.25) is 0 Å². The molecular weight excluding hydrogens is 300 g/mol. The van der Waals surface area contributed by atoms with Crippen LogP contribution in [0.5, 0.6) is 0 Å².